The molecule has 1 fully saturated rings. The molecule has 1 aromatic heterocycles. The Kier molecular flexibility index (Phi) is 5.04. The highest BCUT2D eigenvalue weighted by Crippen LogP contribution is 2.38. The molecule has 20 heavy (non-hydrogen) atoms. The first-order valence-corrected chi connectivity index (χ1v) is 8.19. The lowest BCUT2D eigenvalue weighted by atomic mass is 9.91. The van der Waals surface area contributed by atoms with Crippen molar-refractivity contribution in [1.82, 2.24) is 10.3 Å². The molecule has 1 aliphatic rings. The molecule has 0 radical (unpaired) electrons. The molecule has 5 heteroatoms. The third-order valence-corrected chi connectivity index (χ3v) is 4.60. The second-order valence-corrected chi connectivity index (χ2v) is 7.53. The Bertz CT molecular complexity index is 435. The summed E-state index contributed by atoms with van der Waals surface area (Å²) in [5.41, 5.74) is 1.33. The molecule has 0 spiro atoms. The maximum atomic E-state index is 5.25. The Hall–Kier alpha value is -0.650. The highest BCUT2D eigenvalue weighted by molar-refractivity contribution is 7.15. The van der Waals surface area contributed by atoms with Crippen molar-refractivity contribution in [1.29, 1.82) is 0 Å². The van der Waals surface area contributed by atoms with Gasteiger partial charge in [0.25, 0.3) is 0 Å². The fraction of sp³-hybridized carbons (Fsp3) is 0.800. The number of thiazole rings is 1. The minimum atomic E-state index is 0.0947. The van der Waals surface area contributed by atoms with E-state index in [1.165, 1.54) is 28.5 Å². The van der Waals surface area contributed by atoms with Crippen molar-refractivity contribution in [2.45, 2.75) is 51.6 Å². The molecule has 114 valence electrons. The normalized spacial score (nSPS) is 15.7. The lowest BCUT2D eigenvalue weighted by molar-refractivity contribution is 0.205. The summed E-state index contributed by atoms with van der Waals surface area (Å²) >= 11 is 1.83. The highest BCUT2D eigenvalue weighted by Gasteiger charge is 2.32. The molecule has 1 saturated carbocycles. The van der Waals surface area contributed by atoms with Crippen LogP contribution >= 0.6 is 11.3 Å². The second kappa shape index (κ2) is 6.41. The van der Waals surface area contributed by atoms with Gasteiger partial charge in [0.05, 0.1) is 12.3 Å². The number of hydrogen-bond donors (Lipinski definition) is 1. The van der Waals surface area contributed by atoms with Crippen LogP contribution < -0.4 is 10.2 Å². The van der Waals surface area contributed by atoms with Crippen molar-refractivity contribution in [3.05, 3.63) is 10.6 Å². The molecule has 1 N–H and O–H groups in total. The molecule has 4 nitrogen and oxygen atoms in total. The molecule has 1 aliphatic carbocycles. The van der Waals surface area contributed by atoms with E-state index in [1.807, 2.05) is 18.4 Å². The van der Waals surface area contributed by atoms with Gasteiger partial charge in [-0.1, -0.05) is 20.8 Å². The zero-order chi connectivity index (χ0) is 14.8. The van der Waals surface area contributed by atoms with E-state index >= 15 is 0 Å². The van der Waals surface area contributed by atoms with Crippen LogP contribution in [-0.2, 0) is 16.7 Å². The Morgan fingerprint density at radius 3 is 2.60 bits per heavy atom. The van der Waals surface area contributed by atoms with Crippen LogP contribution in [0.1, 0.15) is 44.2 Å². The van der Waals surface area contributed by atoms with Crippen molar-refractivity contribution in [2.75, 3.05) is 32.2 Å². The monoisotopic (exact) mass is 297 g/mol. The first-order chi connectivity index (χ1) is 9.47. The Labute approximate surface area is 126 Å². The molecular weight excluding hydrogens is 270 g/mol. The third kappa shape index (κ3) is 3.71. The fourth-order valence-corrected chi connectivity index (χ4v) is 3.72. The van der Waals surface area contributed by atoms with Crippen LogP contribution in [0.5, 0.6) is 0 Å². The maximum absolute atomic E-state index is 5.25. The Morgan fingerprint density at radius 2 is 2.10 bits per heavy atom. The number of anilines is 1. The van der Waals surface area contributed by atoms with Gasteiger partial charge in [-0.25, -0.2) is 4.98 Å². The number of aromatic nitrogens is 1. The molecule has 1 heterocycles. The molecule has 0 unspecified atom stereocenters. The van der Waals surface area contributed by atoms with E-state index in [4.69, 9.17) is 9.72 Å². The number of rotatable bonds is 7. The average Bonchev–Trinajstić information content (AvgIpc) is 3.10. The van der Waals surface area contributed by atoms with Gasteiger partial charge in [0.1, 0.15) is 0 Å². The predicted octanol–water partition coefficient (Wildman–Crippen LogP) is 2.78. The standard InChI is InChI=1S/C15H27N3OS/c1-15(2,3)13-12(10-16-4)20-14(17-13)18(8-9-19-5)11-6-7-11/h11,16H,6-10H2,1-5H3. The summed E-state index contributed by atoms with van der Waals surface area (Å²) in [7, 11) is 3.76. The van der Waals surface area contributed by atoms with Crippen LogP contribution in [0.3, 0.4) is 0 Å². The van der Waals surface area contributed by atoms with Gasteiger partial charge < -0.3 is 15.0 Å². The minimum Gasteiger partial charge on any atom is -0.383 e. The van der Waals surface area contributed by atoms with Crippen LogP contribution in [0.4, 0.5) is 5.13 Å². The quantitative estimate of drug-likeness (QED) is 0.840. The van der Waals surface area contributed by atoms with Gasteiger partial charge in [-0.15, -0.1) is 11.3 Å². The summed E-state index contributed by atoms with van der Waals surface area (Å²) in [6, 6.07) is 0.673. The van der Waals surface area contributed by atoms with Crippen LogP contribution in [0.25, 0.3) is 0 Å². The van der Waals surface area contributed by atoms with Crippen molar-refractivity contribution < 1.29 is 4.74 Å². The molecular formula is C15H27N3OS. The SMILES string of the molecule is CNCc1sc(N(CCOC)C2CC2)nc1C(C)(C)C. The maximum Gasteiger partial charge on any atom is 0.186 e. The summed E-state index contributed by atoms with van der Waals surface area (Å²) in [6.07, 6.45) is 2.57. The van der Waals surface area contributed by atoms with Gasteiger partial charge in [-0.05, 0) is 19.9 Å². The van der Waals surface area contributed by atoms with Gasteiger partial charge in [-0.3, -0.25) is 0 Å². The number of hydrogen-bond acceptors (Lipinski definition) is 5. The van der Waals surface area contributed by atoms with Crippen molar-refractivity contribution in [3.8, 4) is 0 Å². The summed E-state index contributed by atoms with van der Waals surface area (Å²) in [6.45, 7) is 9.32. The second-order valence-electron chi connectivity index (χ2n) is 6.47. The smallest absolute Gasteiger partial charge is 0.186 e. The topological polar surface area (TPSA) is 37.4 Å². The zero-order valence-corrected chi connectivity index (χ0v) is 14.1. The summed E-state index contributed by atoms with van der Waals surface area (Å²) in [5, 5.41) is 4.43. The first kappa shape index (κ1) is 15.7. The molecule has 0 atom stereocenters. The largest absolute Gasteiger partial charge is 0.383 e. The fourth-order valence-electron chi connectivity index (χ4n) is 2.34. The number of methoxy groups -OCH3 is 1. The molecule has 0 saturated heterocycles. The third-order valence-electron chi connectivity index (χ3n) is 3.50. The van der Waals surface area contributed by atoms with Crippen LogP contribution in [0, 0.1) is 0 Å². The minimum absolute atomic E-state index is 0.0947. The van der Waals surface area contributed by atoms with E-state index in [0.29, 0.717) is 6.04 Å². The first-order valence-electron chi connectivity index (χ1n) is 7.37. The Balaban J connectivity index is 2.25. The molecule has 0 bridgehead atoms. The Morgan fingerprint density at radius 1 is 1.40 bits per heavy atom. The zero-order valence-electron chi connectivity index (χ0n) is 13.3. The van der Waals surface area contributed by atoms with E-state index in [-0.39, 0.29) is 5.41 Å². The van der Waals surface area contributed by atoms with Crippen LogP contribution in [0.2, 0.25) is 0 Å². The van der Waals surface area contributed by atoms with Crippen molar-refractivity contribution in [3.63, 3.8) is 0 Å². The average molecular weight is 297 g/mol. The number of nitrogens with one attached hydrogen (secondary N) is 1. The van der Waals surface area contributed by atoms with Gasteiger partial charge >= 0.3 is 0 Å². The van der Waals surface area contributed by atoms with Crippen LogP contribution in [-0.4, -0.2) is 38.3 Å². The van der Waals surface area contributed by atoms with Gasteiger partial charge in [0, 0.05) is 36.5 Å². The predicted molar refractivity (Wildman–Crippen MR) is 85.8 cm³/mol. The summed E-state index contributed by atoms with van der Waals surface area (Å²) < 4.78 is 5.25. The van der Waals surface area contributed by atoms with Crippen molar-refractivity contribution >= 4 is 16.5 Å². The lowest BCUT2D eigenvalue weighted by Crippen LogP contribution is -2.29. The lowest BCUT2D eigenvalue weighted by Gasteiger charge is -2.21. The van der Waals surface area contributed by atoms with Crippen molar-refractivity contribution in [2.24, 2.45) is 0 Å². The van der Waals surface area contributed by atoms with Gasteiger partial charge in [-0.2, -0.15) is 0 Å². The van der Waals surface area contributed by atoms with E-state index < -0.39 is 0 Å². The van der Waals surface area contributed by atoms with E-state index in [9.17, 15) is 0 Å². The summed E-state index contributed by atoms with van der Waals surface area (Å²) in [5.74, 6) is 0. The van der Waals surface area contributed by atoms with Gasteiger partial charge in [0.15, 0.2) is 5.13 Å². The molecule has 0 amide bonds. The highest BCUT2D eigenvalue weighted by atomic mass is 32.1. The number of ether oxygens (including phenoxy) is 1. The molecule has 0 aromatic carbocycles. The van der Waals surface area contributed by atoms with E-state index in [1.54, 1.807) is 7.11 Å². The number of nitrogens with zero attached hydrogens (tertiary/aromatic N) is 2. The summed E-state index contributed by atoms with van der Waals surface area (Å²) in [4.78, 5) is 8.76. The van der Waals surface area contributed by atoms with Crippen LogP contribution in [0.15, 0.2) is 0 Å². The molecule has 0 aliphatic heterocycles. The molecule has 2 rings (SSSR count). The molecule has 1 aromatic rings. The van der Waals surface area contributed by atoms with E-state index in [2.05, 4.69) is 31.0 Å². The van der Waals surface area contributed by atoms with E-state index in [0.717, 1.165) is 19.7 Å². The van der Waals surface area contributed by atoms with Gasteiger partial charge in [0.2, 0.25) is 0 Å².